The Bertz CT molecular complexity index is 602. The van der Waals surface area contributed by atoms with Crippen LogP contribution in [0.25, 0.3) is 0 Å². The Hall–Kier alpha value is -0.880. The molecule has 3 aliphatic heterocycles. The van der Waals surface area contributed by atoms with Crippen molar-refractivity contribution in [2.24, 2.45) is 5.92 Å². The van der Waals surface area contributed by atoms with Gasteiger partial charge in [-0.1, -0.05) is 23.2 Å². The van der Waals surface area contributed by atoms with Gasteiger partial charge in [0.1, 0.15) is 0 Å². The first kappa shape index (κ1) is 16.0. The number of amides is 1. The Morgan fingerprint density at radius 3 is 2.64 bits per heavy atom. The van der Waals surface area contributed by atoms with Crippen LogP contribution >= 0.6 is 35.4 Å². The molecule has 3 aliphatic rings. The van der Waals surface area contributed by atoms with Crippen molar-refractivity contribution in [3.05, 3.63) is 33.8 Å². The molecular formula is C15H17Cl2N3OS. The fourth-order valence-corrected chi connectivity index (χ4v) is 3.79. The number of nitrogens with zero attached hydrogens (tertiary/aromatic N) is 1. The molecule has 118 valence electrons. The first-order valence-electron chi connectivity index (χ1n) is 7.32. The lowest BCUT2D eigenvalue weighted by Gasteiger charge is -2.45. The number of nitrogens with one attached hydrogen (secondary N) is 2. The van der Waals surface area contributed by atoms with Gasteiger partial charge in [-0.05, 0) is 62.3 Å². The van der Waals surface area contributed by atoms with Crippen LogP contribution in [-0.2, 0) is 0 Å². The second kappa shape index (κ2) is 6.71. The molecule has 0 aliphatic carbocycles. The Balaban J connectivity index is 1.59. The van der Waals surface area contributed by atoms with Gasteiger partial charge in [0.2, 0.25) is 0 Å². The van der Waals surface area contributed by atoms with Gasteiger partial charge in [-0.15, -0.1) is 0 Å². The van der Waals surface area contributed by atoms with E-state index >= 15 is 0 Å². The van der Waals surface area contributed by atoms with Crippen LogP contribution in [-0.4, -0.2) is 41.6 Å². The minimum absolute atomic E-state index is 0.310. The van der Waals surface area contributed by atoms with Crippen LogP contribution in [0.5, 0.6) is 0 Å². The van der Waals surface area contributed by atoms with Crippen LogP contribution in [0.4, 0.5) is 0 Å². The number of halogens is 2. The van der Waals surface area contributed by atoms with Crippen molar-refractivity contribution in [1.82, 2.24) is 15.5 Å². The number of carbonyl (C=O) groups is 1. The van der Waals surface area contributed by atoms with E-state index in [1.54, 1.807) is 12.1 Å². The monoisotopic (exact) mass is 357 g/mol. The second-order valence-electron chi connectivity index (χ2n) is 5.80. The van der Waals surface area contributed by atoms with Crippen molar-refractivity contribution in [3.8, 4) is 0 Å². The lowest BCUT2D eigenvalue weighted by Crippen LogP contribution is -2.59. The topological polar surface area (TPSA) is 44.4 Å². The predicted molar refractivity (Wildman–Crippen MR) is 92.6 cm³/mol. The van der Waals surface area contributed by atoms with Gasteiger partial charge >= 0.3 is 0 Å². The molecule has 2 bridgehead atoms. The van der Waals surface area contributed by atoms with Crippen molar-refractivity contribution < 1.29 is 4.79 Å². The van der Waals surface area contributed by atoms with Gasteiger partial charge in [-0.3, -0.25) is 10.1 Å². The zero-order chi connectivity index (χ0) is 15.7. The third-order valence-electron chi connectivity index (χ3n) is 4.37. The number of thiocarbonyl (C=S) groups is 1. The molecule has 3 fully saturated rings. The largest absolute Gasteiger partial charge is 0.358 e. The summed E-state index contributed by atoms with van der Waals surface area (Å²) in [4.78, 5) is 14.7. The zero-order valence-electron chi connectivity index (χ0n) is 11.9. The van der Waals surface area contributed by atoms with E-state index in [-0.39, 0.29) is 5.91 Å². The molecule has 1 aromatic carbocycles. The predicted octanol–water partition coefficient (Wildman–Crippen LogP) is 2.69. The number of hydrogen-bond acceptors (Lipinski definition) is 3. The van der Waals surface area contributed by atoms with Crippen LogP contribution in [0.3, 0.4) is 0 Å². The lowest BCUT2D eigenvalue weighted by molar-refractivity contribution is 0.0807. The van der Waals surface area contributed by atoms with Gasteiger partial charge in [-0.2, -0.15) is 0 Å². The summed E-state index contributed by atoms with van der Waals surface area (Å²) in [7, 11) is 0. The zero-order valence-corrected chi connectivity index (χ0v) is 14.3. The molecule has 22 heavy (non-hydrogen) atoms. The number of fused-ring (bicyclic) bond motifs is 3. The van der Waals surface area contributed by atoms with Crippen molar-refractivity contribution in [3.63, 3.8) is 0 Å². The van der Waals surface area contributed by atoms with Gasteiger partial charge in [-0.25, -0.2) is 0 Å². The summed E-state index contributed by atoms with van der Waals surface area (Å²) in [6.07, 6.45) is 2.38. The summed E-state index contributed by atoms with van der Waals surface area (Å²) >= 11 is 17.2. The SMILES string of the molecule is O=C(NC(=S)NC1CN2CCC1CC2)c1cc(Cl)ccc1Cl. The molecule has 1 unspecified atom stereocenters. The third-order valence-corrected chi connectivity index (χ3v) is 5.16. The first-order chi connectivity index (χ1) is 10.5. The molecule has 3 heterocycles. The molecule has 4 nitrogen and oxygen atoms in total. The molecule has 0 aromatic heterocycles. The normalized spacial score (nSPS) is 26.5. The van der Waals surface area contributed by atoms with Crippen molar-refractivity contribution >= 4 is 46.4 Å². The highest BCUT2D eigenvalue weighted by atomic mass is 35.5. The maximum Gasteiger partial charge on any atom is 0.258 e. The Morgan fingerprint density at radius 2 is 2.00 bits per heavy atom. The number of piperidine rings is 3. The smallest absolute Gasteiger partial charge is 0.258 e. The molecule has 0 spiro atoms. The van der Waals surface area contributed by atoms with Crippen LogP contribution in [0.2, 0.25) is 10.0 Å². The quantitative estimate of drug-likeness (QED) is 0.798. The van der Waals surface area contributed by atoms with Gasteiger partial charge in [0.15, 0.2) is 5.11 Å². The number of carbonyl (C=O) groups excluding carboxylic acids is 1. The van der Waals surface area contributed by atoms with E-state index in [0.717, 1.165) is 6.54 Å². The molecular weight excluding hydrogens is 341 g/mol. The molecule has 7 heteroatoms. The maximum absolute atomic E-state index is 12.2. The van der Waals surface area contributed by atoms with Crippen molar-refractivity contribution in [1.29, 1.82) is 0 Å². The molecule has 4 rings (SSSR count). The molecule has 1 amide bonds. The van der Waals surface area contributed by atoms with Crippen LogP contribution in [0.15, 0.2) is 18.2 Å². The maximum atomic E-state index is 12.2. The average molecular weight is 358 g/mol. The molecule has 0 saturated carbocycles. The molecule has 1 atom stereocenters. The van der Waals surface area contributed by atoms with E-state index in [9.17, 15) is 4.79 Å². The van der Waals surface area contributed by atoms with Gasteiger partial charge < -0.3 is 10.2 Å². The Labute approximate surface area is 145 Å². The van der Waals surface area contributed by atoms with Gasteiger partial charge in [0, 0.05) is 17.6 Å². The first-order valence-corrected chi connectivity index (χ1v) is 8.48. The average Bonchev–Trinajstić information content (AvgIpc) is 2.50. The van der Waals surface area contributed by atoms with E-state index in [4.69, 9.17) is 35.4 Å². The lowest BCUT2D eigenvalue weighted by atomic mass is 9.84. The van der Waals surface area contributed by atoms with E-state index in [1.165, 1.54) is 32.0 Å². The van der Waals surface area contributed by atoms with Crippen molar-refractivity contribution in [2.75, 3.05) is 19.6 Å². The fourth-order valence-electron chi connectivity index (χ4n) is 3.18. The summed E-state index contributed by atoms with van der Waals surface area (Å²) in [5, 5.41) is 7.12. The summed E-state index contributed by atoms with van der Waals surface area (Å²) in [5.74, 6) is 0.292. The van der Waals surface area contributed by atoms with E-state index in [2.05, 4.69) is 15.5 Å². The Morgan fingerprint density at radius 1 is 1.27 bits per heavy atom. The molecule has 0 radical (unpaired) electrons. The van der Waals surface area contributed by atoms with Gasteiger partial charge in [0.25, 0.3) is 5.91 Å². The number of rotatable bonds is 2. The van der Waals surface area contributed by atoms with E-state index < -0.39 is 0 Å². The standard InChI is InChI=1S/C15H17Cl2N3OS/c16-10-1-2-12(17)11(7-10)14(21)19-15(22)18-13-8-20-5-3-9(13)4-6-20/h1-2,7,9,13H,3-6,8H2,(H2,18,19,21,22). The highest BCUT2D eigenvalue weighted by molar-refractivity contribution is 7.80. The highest BCUT2D eigenvalue weighted by Gasteiger charge is 2.34. The van der Waals surface area contributed by atoms with E-state index in [0.29, 0.717) is 32.7 Å². The summed E-state index contributed by atoms with van der Waals surface area (Å²) in [6.45, 7) is 3.32. The summed E-state index contributed by atoms with van der Waals surface area (Å²) in [5.41, 5.74) is 0.326. The van der Waals surface area contributed by atoms with E-state index in [1.807, 2.05) is 0 Å². The highest BCUT2D eigenvalue weighted by Crippen LogP contribution is 2.27. The van der Waals surface area contributed by atoms with Crippen LogP contribution in [0.1, 0.15) is 23.2 Å². The minimum Gasteiger partial charge on any atom is -0.358 e. The van der Waals surface area contributed by atoms with Crippen LogP contribution in [0, 0.1) is 5.92 Å². The fraction of sp³-hybridized carbons (Fsp3) is 0.467. The number of benzene rings is 1. The molecule has 1 aromatic rings. The van der Waals surface area contributed by atoms with Gasteiger partial charge in [0.05, 0.1) is 10.6 Å². The van der Waals surface area contributed by atoms with Crippen LogP contribution < -0.4 is 10.6 Å². The summed E-state index contributed by atoms with van der Waals surface area (Å²) < 4.78 is 0. The minimum atomic E-state index is -0.341. The second-order valence-corrected chi connectivity index (χ2v) is 7.05. The van der Waals surface area contributed by atoms with Crippen molar-refractivity contribution in [2.45, 2.75) is 18.9 Å². The number of hydrogen-bond donors (Lipinski definition) is 2. The Kier molecular flexibility index (Phi) is 4.88. The molecule has 2 N–H and O–H groups in total. The molecule has 3 saturated heterocycles. The summed E-state index contributed by atoms with van der Waals surface area (Å²) in [6, 6.07) is 5.09. The third kappa shape index (κ3) is 3.54.